The fourth-order valence-electron chi connectivity index (χ4n) is 3.29. The van der Waals surface area contributed by atoms with Crippen molar-refractivity contribution in [3.05, 3.63) is 99.6 Å². The molecule has 0 aliphatic carbocycles. The molecular weight excluding hydrogens is 476 g/mol. The Balaban J connectivity index is 0.000000256. The van der Waals surface area contributed by atoms with E-state index in [2.05, 4.69) is 60.3 Å². The lowest BCUT2D eigenvalue weighted by Gasteiger charge is -2.21. The van der Waals surface area contributed by atoms with Gasteiger partial charge in [-0.15, -0.1) is 11.8 Å². The summed E-state index contributed by atoms with van der Waals surface area (Å²) in [7, 11) is 0. The lowest BCUT2D eigenvalue weighted by Crippen LogP contribution is -2.36. The molecule has 2 aromatic carbocycles. The number of rotatable bonds is 4. The van der Waals surface area contributed by atoms with Crippen molar-refractivity contribution < 1.29 is 0 Å². The fraction of sp³-hybridized carbons (Fsp3) is 0.321. The molecule has 0 spiro atoms. The van der Waals surface area contributed by atoms with Crippen LogP contribution in [-0.4, -0.2) is 20.0 Å². The Morgan fingerprint density at radius 3 is 2.14 bits per heavy atom. The van der Waals surface area contributed by atoms with Gasteiger partial charge in [-0.3, -0.25) is 9.89 Å². The van der Waals surface area contributed by atoms with Crippen LogP contribution in [0.3, 0.4) is 0 Å². The summed E-state index contributed by atoms with van der Waals surface area (Å²) in [5.74, 6) is 0.755. The van der Waals surface area contributed by atoms with Crippen LogP contribution in [0.1, 0.15) is 52.7 Å². The number of hydrogen-bond donors (Lipinski definition) is 1. The lowest BCUT2D eigenvalue weighted by molar-refractivity contribution is 0.336. The van der Waals surface area contributed by atoms with Gasteiger partial charge in [-0.05, 0) is 48.9 Å². The zero-order chi connectivity index (χ0) is 25.6. The van der Waals surface area contributed by atoms with E-state index in [4.69, 9.17) is 11.6 Å². The van der Waals surface area contributed by atoms with Crippen molar-refractivity contribution in [1.29, 1.82) is 0 Å². The van der Waals surface area contributed by atoms with Gasteiger partial charge in [0.15, 0.2) is 0 Å². The Morgan fingerprint density at radius 1 is 0.943 bits per heavy atom. The largest absolute Gasteiger partial charge is 0.287 e. The molecule has 2 aromatic heterocycles. The topological polar surface area (TPSA) is 63.6 Å². The van der Waals surface area contributed by atoms with Crippen molar-refractivity contribution in [2.75, 3.05) is 0 Å². The Kier molecular flexibility index (Phi) is 8.62. The first-order valence-corrected chi connectivity index (χ1v) is 12.9. The predicted molar refractivity (Wildman–Crippen MR) is 147 cm³/mol. The maximum absolute atomic E-state index is 12.4. The summed E-state index contributed by atoms with van der Waals surface area (Å²) in [4.78, 5) is 13.1. The Morgan fingerprint density at radius 2 is 1.60 bits per heavy atom. The van der Waals surface area contributed by atoms with Gasteiger partial charge in [0.1, 0.15) is 5.02 Å². The average Bonchev–Trinajstić information content (AvgIpc) is 3.35. The van der Waals surface area contributed by atoms with E-state index in [-0.39, 0.29) is 21.5 Å². The second kappa shape index (κ2) is 11.3. The van der Waals surface area contributed by atoms with Crippen molar-refractivity contribution in [1.82, 2.24) is 20.0 Å². The third-order valence-electron chi connectivity index (χ3n) is 5.32. The Bertz CT molecular complexity index is 1270. The van der Waals surface area contributed by atoms with Crippen molar-refractivity contribution in [2.24, 2.45) is 0 Å². The number of aromatic amines is 1. The minimum atomic E-state index is -0.382. The van der Waals surface area contributed by atoms with Crippen LogP contribution in [0.4, 0.5) is 0 Å². The van der Waals surface area contributed by atoms with E-state index in [0.717, 1.165) is 16.3 Å². The number of aromatic nitrogens is 4. The molecule has 0 aliphatic heterocycles. The number of thioether (sulfide) groups is 1. The lowest BCUT2D eigenvalue weighted by atomic mass is 9.87. The van der Waals surface area contributed by atoms with Crippen LogP contribution in [0.15, 0.2) is 82.7 Å². The highest BCUT2D eigenvalue weighted by Crippen LogP contribution is 2.29. The van der Waals surface area contributed by atoms with Crippen molar-refractivity contribution in [2.45, 2.75) is 63.1 Å². The average molecular weight is 509 g/mol. The summed E-state index contributed by atoms with van der Waals surface area (Å²) in [6.07, 6.45) is 3.44. The van der Waals surface area contributed by atoms with Gasteiger partial charge < -0.3 is 0 Å². The quantitative estimate of drug-likeness (QED) is 0.293. The predicted octanol–water partition coefficient (Wildman–Crippen LogP) is 7.32. The molecule has 0 amide bonds. The molecule has 1 N–H and O–H groups in total. The maximum atomic E-state index is 12.4. The smallest absolute Gasteiger partial charge is 0.278 e. The van der Waals surface area contributed by atoms with E-state index in [1.807, 2.05) is 57.2 Å². The molecule has 7 heteroatoms. The number of nitrogens with zero attached hydrogens (tertiary/aromatic N) is 3. The van der Waals surface area contributed by atoms with Gasteiger partial charge in [0.25, 0.3) is 5.56 Å². The van der Waals surface area contributed by atoms with Crippen LogP contribution in [0.25, 0.3) is 11.3 Å². The SMILES string of the molecule is CC(C)(C)c1ccc(CSc2cnn(C(C)(C)C)c(=O)c2Cl)cc1.c1ccc(-c2ccn[nH]2)cc1. The summed E-state index contributed by atoms with van der Waals surface area (Å²) in [6, 6.07) is 20.7. The first kappa shape index (κ1) is 26.8. The molecule has 5 nitrogen and oxygen atoms in total. The molecule has 4 aromatic rings. The second-order valence-electron chi connectivity index (χ2n) is 10.3. The van der Waals surface area contributed by atoms with Crippen LogP contribution in [-0.2, 0) is 16.7 Å². The molecule has 0 radical (unpaired) electrons. The van der Waals surface area contributed by atoms with E-state index in [1.165, 1.54) is 33.1 Å². The molecule has 184 valence electrons. The summed E-state index contributed by atoms with van der Waals surface area (Å²) in [6.45, 7) is 12.4. The highest BCUT2D eigenvalue weighted by molar-refractivity contribution is 7.98. The minimum Gasteiger partial charge on any atom is -0.278 e. The van der Waals surface area contributed by atoms with Crippen LogP contribution in [0.2, 0.25) is 5.02 Å². The number of halogens is 1. The first-order valence-electron chi connectivity index (χ1n) is 11.5. The van der Waals surface area contributed by atoms with Gasteiger partial charge in [0, 0.05) is 11.9 Å². The monoisotopic (exact) mass is 508 g/mol. The van der Waals surface area contributed by atoms with E-state index in [9.17, 15) is 4.79 Å². The molecule has 0 atom stereocenters. The van der Waals surface area contributed by atoms with Crippen LogP contribution in [0.5, 0.6) is 0 Å². The number of H-pyrrole nitrogens is 1. The number of benzene rings is 2. The Hall–Kier alpha value is -2.83. The summed E-state index contributed by atoms with van der Waals surface area (Å²) >= 11 is 7.80. The van der Waals surface area contributed by atoms with Gasteiger partial charge in [-0.25, -0.2) is 4.68 Å². The highest BCUT2D eigenvalue weighted by Gasteiger charge is 2.19. The Labute approximate surface area is 216 Å². The molecular formula is C28H33ClN4OS. The molecule has 0 unspecified atom stereocenters. The van der Waals surface area contributed by atoms with Crippen molar-refractivity contribution in [3.8, 4) is 11.3 Å². The molecule has 0 saturated carbocycles. The molecule has 4 rings (SSSR count). The normalized spacial score (nSPS) is 11.6. The van der Waals surface area contributed by atoms with Crippen LogP contribution in [0, 0.1) is 0 Å². The van der Waals surface area contributed by atoms with Crippen molar-refractivity contribution in [3.63, 3.8) is 0 Å². The minimum absolute atomic E-state index is 0.149. The zero-order valence-electron chi connectivity index (χ0n) is 21.2. The van der Waals surface area contributed by atoms with E-state index in [0.29, 0.717) is 0 Å². The zero-order valence-corrected chi connectivity index (χ0v) is 22.7. The van der Waals surface area contributed by atoms with E-state index >= 15 is 0 Å². The molecule has 0 saturated heterocycles. The molecule has 0 fully saturated rings. The van der Waals surface area contributed by atoms with Crippen molar-refractivity contribution >= 4 is 23.4 Å². The summed E-state index contributed by atoms with van der Waals surface area (Å²) < 4.78 is 1.43. The second-order valence-corrected chi connectivity index (χ2v) is 11.7. The first-order chi connectivity index (χ1) is 16.5. The van der Waals surface area contributed by atoms with Gasteiger partial charge in [0.2, 0.25) is 0 Å². The van der Waals surface area contributed by atoms with Crippen LogP contribution < -0.4 is 5.56 Å². The molecule has 0 bridgehead atoms. The van der Waals surface area contributed by atoms with Gasteiger partial charge in [-0.2, -0.15) is 10.2 Å². The third kappa shape index (κ3) is 7.33. The van der Waals surface area contributed by atoms with Gasteiger partial charge in [0.05, 0.1) is 22.3 Å². The molecule has 35 heavy (non-hydrogen) atoms. The van der Waals surface area contributed by atoms with E-state index in [1.54, 1.807) is 12.4 Å². The van der Waals surface area contributed by atoms with Gasteiger partial charge >= 0.3 is 0 Å². The third-order valence-corrected chi connectivity index (χ3v) is 6.90. The summed E-state index contributed by atoms with van der Waals surface area (Å²) in [5.41, 5.74) is 4.27. The van der Waals surface area contributed by atoms with Gasteiger partial charge in [-0.1, -0.05) is 87.0 Å². The number of hydrogen-bond acceptors (Lipinski definition) is 4. The maximum Gasteiger partial charge on any atom is 0.287 e. The fourth-order valence-corrected chi connectivity index (χ4v) is 4.44. The number of nitrogens with one attached hydrogen (secondary N) is 1. The summed E-state index contributed by atoms with van der Waals surface area (Å²) in [5, 5.41) is 11.3. The van der Waals surface area contributed by atoms with E-state index < -0.39 is 0 Å². The molecule has 0 aliphatic rings. The van der Waals surface area contributed by atoms with Crippen LogP contribution >= 0.6 is 23.4 Å². The standard InChI is InChI=1S/C19H25ClN2OS.C9H8N2/c1-18(2,3)14-9-7-13(8-10-14)12-24-15-11-21-22(19(4,5)6)17(23)16(15)20;1-2-4-8(5-3-1)9-6-7-10-11-9/h7-11H,12H2,1-6H3;1-7H,(H,10,11). The molecule has 2 heterocycles. The highest BCUT2D eigenvalue weighted by atomic mass is 35.5.